The lowest BCUT2D eigenvalue weighted by Gasteiger charge is -2.19. The Hall–Kier alpha value is -2.17. The van der Waals surface area contributed by atoms with Crippen molar-refractivity contribution in [2.45, 2.75) is 46.1 Å². The second-order valence-electron chi connectivity index (χ2n) is 7.05. The molecule has 0 radical (unpaired) electrons. The number of hydrogen-bond acceptors (Lipinski definition) is 4. The molecule has 2 aromatic carbocycles. The topological polar surface area (TPSA) is 47.6 Å². The van der Waals surface area contributed by atoms with Gasteiger partial charge in [0.05, 0.1) is 12.2 Å². The third-order valence-electron chi connectivity index (χ3n) is 3.58. The molecular formula is C21H27NO3. The Morgan fingerprint density at radius 3 is 1.84 bits per heavy atom. The molecule has 0 amide bonds. The predicted octanol–water partition coefficient (Wildman–Crippen LogP) is 4.08. The lowest BCUT2D eigenvalue weighted by atomic mass is 10.1. The molecule has 0 spiro atoms. The van der Waals surface area contributed by atoms with E-state index in [4.69, 9.17) is 9.47 Å². The molecule has 0 aromatic heterocycles. The highest BCUT2D eigenvalue weighted by molar-refractivity contribution is 5.89. The van der Waals surface area contributed by atoms with Crippen LogP contribution >= 0.6 is 0 Å². The van der Waals surface area contributed by atoms with Gasteiger partial charge >= 0.3 is 5.97 Å². The highest BCUT2D eigenvalue weighted by atomic mass is 16.6. The van der Waals surface area contributed by atoms with Crippen LogP contribution in [-0.2, 0) is 29.2 Å². The maximum atomic E-state index is 12.0. The Morgan fingerprint density at radius 2 is 1.36 bits per heavy atom. The average molecular weight is 341 g/mol. The lowest BCUT2D eigenvalue weighted by molar-refractivity contribution is 0.00695. The van der Waals surface area contributed by atoms with Gasteiger partial charge in [-0.1, -0.05) is 36.4 Å². The number of hydrogen-bond donors (Lipinski definition) is 1. The monoisotopic (exact) mass is 341 g/mol. The first-order valence-corrected chi connectivity index (χ1v) is 8.47. The van der Waals surface area contributed by atoms with Gasteiger partial charge in [0.1, 0.15) is 5.60 Å². The van der Waals surface area contributed by atoms with E-state index >= 15 is 0 Å². The second-order valence-corrected chi connectivity index (χ2v) is 7.05. The first kappa shape index (κ1) is 19.2. The summed E-state index contributed by atoms with van der Waals surface area (Å²) in [5.41, 5.74) is 3.63. The van der Waals surface area contributed by atoms with Gasteiger partial charge in [0, 0.05) is 20.2 Å². The number of carbonyl (C=O) groups excluding carboxylic acids is 1. The fraction of sp³-hybridized carbons (Fsp3) is 0.381. The number of carbonyl (C=O) groups is 1. The Labute approximate surface area is 150 Å². The van der Waals surface area contributed by atoms with Gasteiger partial charge in [0.15, 0.2) is 0 Å². The van der Waals surface area contributed by atoms with E-state index < -0.39 is 5.60 Å². The lowest BCUT2D eigenvalue weighted by Crippen LogP contribution is -2.23. The second kappa shape index (κ2) is 8.79. The Balaban J connectivity index is 1.82. The molecule has 0 atom stereocenters. The number of methoxy groups -OCH3 is 1. The van der Waals surface area contributed by atoms with Crippen LogP contribution in [0.15, 0.2) is 48.5 Å². The number of benzene rings is 2. The smallest absolute Gasteiger partial charge is 0.338 e. The van der Waals surface area contributed by atoms with Crippen molar-refractivity contribution in [3.63, 3.8) is 0 Å². The maximum Gasteiger partial charge on any atom is 0.338 e. The van der Waals surface area contributed by atoms with Crippen LogP contribution in [0.5, 0.6) is 0 Å². The number of nitrogens with one attached hydrogen (secondary N) is 1. The van der Waals surface area contributed by atoms with E-state index in [1.165, 1.54) is 11.1 Å². The third-order valence-corrected chi connectivity index (χ3v) is 3.58. The van der Waals surface area contributed by atoms with Crippen LogP contribution < -0.4 is 5.32 Å². The molecule has 1 N–H and O–H groups in total. The normalized spacial score (nSPS) is 11.4. The van der Waals surface area contributed by atoms with Crippen LogP contribution in [0.1, 0.15) is 47.8 Å². The number of ether oxygens (including phenoxy) is 2. The summed E-state index contributed by atoms with van der Waals surface area (Å²) in [4.78, 5) is 12.0. The fourth-order valence-corrected chi connectivity index (χ4v) is 2.37. The minimum atomic E-state index is -0.476. The summed E-state index contributed by atoms with van der Waals surface area (Å²) >= 11 is 0. The summed E-state index contributed by atoms with van der Waals surface area (Å²) < 4.78 is 10.5. The molecule has 134 valence electrons. The maximum absolute atomic E-state index is 12.0. The fourth-order valence-electron chi connectivity index (χ4n) is 2.37. The predicted molar refractivity (Wildman–Crippen MR) is 99.3 cm³/mol. The van der Waals surface area contributed by atoms with E-state index in [0.717, 1.165) is 18.7 Å². The minimum Gasteiger partial charge on any atom is -0.456 e. The van der Waals surface area contributed by atoms with E-state index in [-0.39, 0.29) is 5.97 Å². The van der Waals surface area contributed by atoms with Crippen LogP contribution in [0.25, 0.3) is 0 Å². The molecule has 4 nitrogen and oxygen atoms in total. The summed E-state index contributed by atoms with van der Waals surface area (Å²) in [7, 11) is 1.70. The Bertz CT molecular complexity index is 670. The molecular weight excluding hydrogens is 314 g/mol. The van der Waals surface area contributed by atoms with E-state index in [1.807, 2.05) is 45.0 Å². The quantitative estimate of drug-likeness (QED) is 0.771. The summed E-state index contributed by atoms with van der Waals surface area (Å²) in [6.45, 7) is 7.77. The van der Waals surface area contributed by atoms with Gasteiger partial charge in [-0.3, -0.25) is 0 Å². The molecule has 0 saturated heterocycles. The van der Waals surface area contributed by atoms with E-state index in [9.17, 15) is 4.79 Å². The zero-order valence-corrected chi connectivity index (χ0v) is 15.5. The molecule has 0 bridgehead atoms. The molecule has 2 aromatic rings. The van der Waals surface area contributed by atoms with Crippen molar-refractivity contribution in [1.82, 2.24) is 5.32 Å². The summed E-state index contributed by atoms with van der Waals surface area (Å²) in [5.74, 6) is -0.289. The van der Waals surface area contributed by atoms with Gasteiger partial charge in [0.25, 0.3) is 0 Å². The molecule has 0 aliphatic heterocycles. The molecule has 0 unspecified atom stereocenters. The molecule has 0 heterocycles. The van der Waals surface area contributed by atoms with Crippen molar-refractivity contribution >= 4 is 5.97 Å². The van der Waals surface area contributed by atoms with Gasteiger partial charge in [-0.25, -0.2) is 4.79 Å². The SMILES string of the molecule is COCc1ccc(CNCc2ccc(C(=O)OC(C)(C)C)cc2)cc1. The standard InChI is InChI=1S/C21H27NO3/c1-21(2,3)25-20(23)19-11-9-17(10-12-19)14-22-13-16-5-7-18(8-6-16)15-24-4/h5-12,22H,13-15H2,1-4H3. The van der Waals surface area contributed by atoms with Crippen LogP contribution in [0.4, 0.5) is 0 Å². The van der Waals surface area contributed by atoms with Gasteiger partial charge in [-0.15, -0.1) is 0 Å². The zero-order chi connectivity index (χ0) is 18.3. The molecule has 0 fully saturated rings. The summed E-state index contributed by atoms with van der Waals surface area (Å²) in [5, 5.41) is 3.41. The van der Waals surface area contributed by atoms with Gasteiger partial charge in [0.2, 0.25) is 0 Å². The third kappa shape index (κ3) is 6.69. The molecule has 2 rings (SSSR count). The molecule has 0 saturated carbocycles. The van der Waals surface area contributed by atoms with Crippen LogP contribution in [0.2, 0.25) is 0 Å². The van der Waals surface area contributed by atoms with Crippen molar-refractivity contribution in [3.05, 3.63) is 70.8 Å². The van der Waals surface area contributed by atoms with Crippen molar-refractivity contribution in [2.24, 2.45) is 0 Å². The van der Waals surface area contributed by atoms with Crippen molar-refractivity contribution in [2.75, 3.05) is 7.11 Å². The number of esters is 1. The summed E-state index contributed by atoms with van der Waals surface area (Å²) in [6, 6.07) is 15.9. The van der Waals surface area contributed by atoms with Gasteiger partial charge < -0.3 is 14.8 Å². The molecule has 0 aliphatic rings. The number of rotatable bonds is 7. The van der Waals surface area contributed by atoms with Crippen molar-refractivity contribution in [1.29, 1.82) is 0 Å². The van der Waals surface area contributed by atoms with Crippen molar-refractivity contribution in [3.8, 4) is 0 Å². The Kier molecular flexibility index (Phi) is 6.73. The average Bonchev–Trinajstić information content (AvgIpc) is 2.56. The molecule has 4 heteroatoms. The first-order chi connectivity index (χ1) is 11.9. The Morgan fingerprint density at radius 1 is 0.880 bits per heavy atom. The molecule has 25 heavy (non-hydrogen) atoms. The van der Waals surface area contributed by atoms with E-state index in [1.54, 1.807) is 7.11 Å². The zero-order valence-electron chi connectivity index (χ0n) is 15.5. The van der Waals surface area contributed by atoms with Crippen LogP contribution in [-0.4, -0.2) is 18.7 Å². The van der Waals surface area contributed by atoms with Gasteiger partial charge in [-0.2, -0.15) is 0 Å². The van der Waals surface area contributed by atoms with E-state index in [0.29, 0.717) is 12.2 Å². The molecule has 0 aliphatic carbocycles. The highest BCUT2D eigenvalue weighted by Crippen LogP contribution is 2.13. The van der Waals surface area contributed by atoms with Crippen molar-refractivity contribution < 1.29 is 14.3 Å². The summed E-state index contributed by atoms with van der Waals surface area (Å²) in [6.07, 6.45) is 0. The highest BCUT2D eigenvalue weighted by Gasteiger charge is 2.17. The van der Waals surface area contributed by atoms with Gasteiger partial charge in [-0.05, 0) is 49.6 Å². The van der Waals surface area contributed by atoms with E-state index in [2.05, 4.69) is 29.6 Å². The van der Waals surface area contributed by atoms with Crippen LogP contribution in [0, 0.1) is 0 Å². The first-order valence-electron chi connectivity index (χ1n) is 8.47. The minimum absolute atomic E-state index is 0.289. The largest absolute Gasteiger partial charge is 0.456 e. The van der Waals surface area contributed by atoms with Crippen LogP contribution in [0.3, 0.4) is 0 Å².